The van der Waals surface area contributed by atoms with Gasteiger partial charge in [-0.25, -0.2) is 9.78 Å². The van der Waals surface area contributed by atoms with Crippen LogP contribution in [0.5, 0.6) is 0 Å². The van der Waals surface area contributed by atoms with Crippen molar-refractivity contribution >= 4 is 28.9 Å². The number of cyclic esters (lactones) is 1. The average molecular weight is 413 g/mol. The quantitative estimate of drug-likeness (QED) is 0.370. The summed E-state index contributed by atoms with van der Waals surface area (Å²) in [5, 5.41) is 21.1. The van der Waals surface area contributed by atoms with Gasteiger partial charge in [0.05, 0.1) is 11.9 Å². The smallest absolute Gasteiger partial charge is 0.339 e. The fraction of sp³-hybridized carbons (Fsp3) is 0.278. The van der Waals surface area contributed by atoms with Crippen molar-refractivity contribution in [2.24, 2.45) is 0 Å². The van der Waals surface area contributed by atoms with Crippen LogP contribution in [0.15, 0.2) is 35.4 Å². The number of anilines is 1. The Labute approximate surface area is 166 Å². The van der Waals surface area contributed by atoms with E-state index in [1.54, 1.807) is 12.1 Å². The standard InChI is InChI=1S/C18H15N5O7/c19-18-21-14-8(15(27)22-18)20-5-23(14)16-11(26)10(25)13(29-16)12-9(24)6-3-1-2-4-7(6)17(28)30-12/h1-5,10-13,16,25-26H,(H3,19,21,22,27)/t10-,11+,12?,13-,16+/m0/s1. The Kier molecular flexibility index (Phi) is 3.96. The van der Waals surface area contributed by atoms with Crippen LogP contribution < -0.4 is 11.3 Å². The third kappa shape index (κ3) is 2.55. The molecule has 5 rings (SSSR count). The maximum Gasteiger partial charge on any atom is 0.339 e. The number of carbonyl (C=O) groups is 2. The van der Waals surface area contributed by atoms with E-state index < -0.39 is 48.0 Å². The van der Waals surface area contributed by atoms with E-state index in [0.29, 0.717) is 0 Å². The third-order valence-corrected chi connectivity index (χ3v) is 5.20. The van der Waals surface area contributed by atoms with Gasteiger partial charge in [0, 0.05) is 5.56 Å². The van der Waals surface area contributed by atoms with E-state index in [1.807, 2.05) is 0 Å². The van der Waals surface area contributed by atoms with Crippen molar-refractivity contribution in [3.8, 4) is 0 Å². The van der Waals surface area contributed by atoms with Gasteiger partial charge < -0.3 is 25.4 Å². The number of carbonyl (C=O) groups excluding carboxylic acids is 2. The number of aliphatic hydroxyl groups excluding tert-OH is 2. The molecule has 4 heterocycles. The van der Waals surface area contributed by atoms with Crippen molar-refractivity contribution in [2.45, 2.75) is 30.6 Å². The summed E-state index contributed by atoms with van der Waals surface area (Å²) in [6.07, 6.45) is -5.98. The number of imidazole rings is 1. The first kappa shape index (κ1) is 18.4. The second-order valence-corrected chi connectivity index (χ2v) is 6.98. The largest absolute Gasteiger partial charge is 0.447 e. The van der Waals surface area contributed by atoms with Gasteiger partial charge in [0.15, 0.2) is 23.5 Å². The highest BCUT2D eigenvalue weighted by Gasteiger charge is 2.52. The molecule has 0 spiro atoms. The van der Waals surface area contributed by atoms with Crippen LogP contribution in [0, 0.1) is 0 Å². The molecule has 1 aromatic carbocycles. The molecule has 5 N–H and O–H groups in total. The molecule has 3 aromatic rings. The first-order valence-electron chi connectivity index (χ1n) is 8.95. The minimum atomic E-state index is -1.57. The normalized spacial score (nSPS) is 28.5. The molecule has 1 fully saturated rings. The number of aromatic nitrogens is 4. The number of nitrogens with zero attached hydrogens (tertiary/aromatic N) is 3. The second-order valence-electron chi connectivity index (χ2n) is 6.98. The highest BCUT2D eigenvalue weighted by molar-refractivity contribution is 6.12. The van der Waals surface area contributed by atoms with Crippen LogP contribution in [0.4, 0.5) is 5.95 Å². The van der Waals surface area contributed by atoms with E-state index in [1.165, 1.54) is 23.0 Å². The molecule has 12 nitrogen and oxygen atoms in total. The molecule has 2 aromatic heterocycles. The van der Waals surface area contributed by atoms with Crippen molar-refractivity contribution in [2.75, 3.05) is 5.73 Å². The number of nitrogens with one attached hydrogen (secondary N) is 1. The van der Waals surface area contributed by atoms with Crippen molar-refractivity contribution < 1.29 is 29.3 Å². The Morgan fingerprint density at radius 1 is 1.10 bits per heavy atom. The van der Waals surface area contributed by atoms with Crippen LogP contribution in [0.1, 0.15) is 26.9 Å². The number of hydrogen-bond acceptors (Lipinski definition) is 10. The monoisotopic (exact) mass is 413 g/mol. The number of benzene rings is 1. The summed E-state index contributed by atoms with van der Waals surface area (Å²) in [6, 6.07) is 6.13. The van der Waals surface area contributed by atoms with Gasteiger partial charge in [0.2, 0.25) is 11.7 Å². The summed E-state index contributed by atoms with van der Waals surface area (Å²) in [5.74, 6) is -1.47. The van der Waals surface area contributed by atoms with E-state index in [-0.39, 0.29) is 28.2 Å². The zero-order valence-electron chi connectivity index (χ0n) is 15.1. The molecular formula is C18H15N5O7. The lowest BCUT2D eigenvalue weighted by atomic mass is 9.92. The van der Waals surface area contributed by atoms with E-state index in [0.717, 1.165) is 0 Å². The molecule has 0 saturated carbocycles. The van der Waals surface area contributed by atoms with E-state index >= 15 is 0 Å². The molecule has 0 radical (unpaired) electrons. The van der Waals surface area contributed by atoms with Crippen molar-refractivity contribution in [3.63, 3.8) is 0 Å². The Morgan fingerprint density at radius 2 is 1.83 bits per heavy atom. The fourth-order valence-corrected chi connectivity index (χ4v) is 3.77. The number of ether oxygens (including phenoxy) is 2. The number of aromatic amines is 1. The maximum atomic E-state index is 12.9. The minimum absolute atomic E-state index is 0.0189. The van der Waals surface area contributed by atoms with Gasteiger partial charge in [-0.1, -0.05) is 18.2 Å². The molecule has 0 bridgehead atoms. The van der Waals surface area contributed by atoms with Gasteiger partial charge in [-0.15, -0.1) is 0 Å². The van der Waals surface area contributed by atoms with Gasteiger partial charge in [-0.2, -0.15) is 4.98 Å². The zero-order chi connectivity index (χ0) is 21.2. The molecule has 0 amide bonds. The summed E-state index contributed by atoms with van der Waals surface area (Å²) in [4.78, 5) is 47.3. The number of nitrogen functional groups attached to an aromatic ring is 1. The van der Waals surface area contributed by atoms with Crippen LogP contribution >= 0.6 is 0 Å². The van der Waals surface area contributed by atoms with Crippen LogP contribution in [0.25, 0.3) is 11.2 Å². The first-order chi connectivity index (χ1) is 14.4. The van der Waals surface area contributed by atoms with Gasteiger partial charge in [0.25, 0.3) is 5.56 Å². The van der Waals surface area contributed by atoms with E-state index in [9.17, 15) is 24.6 Å². The van der Waals surface area contributed by atoms with Crippen LogP contribution in [-0.4, -0.2) is 65.9 Å². The van der Waals surface area contributed by atoms with Crippen molar-refractivity contribution in [1.82, 2.24) is 19.5 Å². The van der Waals surface area contributed by atoms with Crippen molar-refractivity contribution in [1.29, 1.82) is 0 Å². The average Bonchev–Trinajstić information content (AvgIpc) is 3.26. The summed E-state index contributed by atoms with van der Waals surface area (Å²) < 4.78 is 12.2. The van der Waals surface area contributed by atoms with Crippen LogP contribution in [0.3, 0.4) is 0 Å². The second kappa shape index (κ2) is 6.45. The topological polar surface area (TPSA) is 183 Å². The van der Waals surface area contributed by atoms with Gasteiger partial charge >= 0.3 is 5.97 Å². The molecule has 154 valence electrons. The molecule has 1 unspecified atom stereocenters. The number of ketones is 1. The Bertz CT molecular complexity index is 1250. The SMILES string of the molecule is Nc1nc2c(ncn2[C@@H]2O[C@H](C3OC(=O)c4ccccc4C3=O)[C@@H](O)[C@H]2O)c(=O)[nH]1. The molecular weight excluding hydrogens is 398 g/mol. The highest BCUT2D eigenvalue weighted by atomic mass is 16.6. The number of rotatable bonds is 2. The molecule has 2 aliphatic heterocycles. The summed E-state index contributed by atoms with van der Waals surface area (Å²) in [5.41, 5.74) is 5.21. The van der Waals surface area contributed by atoms with Crippen LogP contribution in [-0.2, 0) is 9.47 Å². The predicted octanol–water partition coefficient (Wildman–Crippen LogP) is -1.26. The van der Waals surface area contributed by atoms with E-state index in [2.05, 4.69) is 15.0 Å². The molecule has 30 heavy (non-hydrogen) atoms. The zero-order valence-corrected chi connectivity index (χ0v) is 15.1. The highest BCUT2D eigenvalue weighted by Crippen LogP contribution is 2.36. The number of H-pyrrole nitrogens is 1. The fourth-order valence-electron chi connectivity index (χ4n) is 3.77. The van der Waals surface area contributed by atoms with Crippen LogP contribution in [0.2, 0.25) is 0 Å². The van der Waals surface area contributed by atoms with Gasteiger partial charge in [0.1, 0.15) is 18.3 Å². The molecule has 0 aliphatic carbocycles. The van der Waals surface area contributed by atoms with Gasteiger partial charge in [-0.3, -0.25) is 19.1 Å². The number of hydrogen-bond donors (Lipinski definition) is 4. The number of esters is 1. The van der Waals surface area contributed by atoms with E-state index in [4.69, 9.17) is 15.2 Å². The Hall–Kier alpha value is -3.61. The van der Waals surface area contributed by atoms with Gasteiger partial charge in [-0.05, 0) is 6.07 Å². The number of nitrogens with two attached hydrogens (primary N) is 1. The number of Topliss-reactive ketones (excluding diaryl/α,β-unsaturated/α-hetero) is 1. The summed E-state index contributed by atoms with van der Waals surface area (Å²) >= 11 is 0. The molecule has 5 atom stereocenters. The number of aliphatic hydroxyl groups is 2. The minimum Gasteiger partial charge on any atom is -0.447 e. The Balaban J connectivity index is 1.51. The molecule has 1 saturated heterocycles. The lowest BCUT2D eigenvalue weighted by Crippen LogP contribution is -2.48. The van der Waals surface area contributed by atoms with Crippen molar-refractivity contribution in [3.05, 3.63) is 52.1 Å². The number of fused-ring (bicyclic) bond motifs is 2. The maximum absolute atomic E-state index is 12.9. The predicted molar refractivity (Wildman–Crippen MR) is 98.5 cm³/mol. The molecule has 12 heteroatoms. The lowest BCUT2D eigenvalue weighted by Gasteiger charge is -2.28. The Morgan fingerprint density at radius 3 is 2.60 bits per heavy atom. The third-order valence-electron chi connectivity index (χ3n) is 5.20. The summed E-state index contributed by atoms with van der Waals surface area (Å²) in [7, 11) is 0. The summed E-state index contributed by atoms with van der Waals surface area (Å²) in [6.45, 7) is 0. The lowest BCUT2D eigenvalue weighted by molar-refractivity contribution is -0.0804. The molecule has 2 aliphatic rings. The first-order valence-corrected chi connectivity index (χ1v) is 8.95.